The number of aromatic nitrogens is 1. The molecular weight excluding hydrogens is 390 g/mol. The van der Waals surface area contributed by atoms with E-state index in [1.54, 1.807) is 6.20 Å². The molecule has 0 spiro atoms. The fourth-order valence-corrected chi connectivity index (χ4v) is 4.27. The molecule has 6 heteroatoms. The minimum Gasteiger partial charge on any atom is -0.459 e. The van der Waals surface area contributed by atoms with Crippen LogP contribution in [0.4, 0.5) is 0 Å². The number of aryl methyl sites for hydroxylation is 1. The lowest BCUT2D eigenvalue weighted by atomic mass is 10.0. The molecule has 3 heterocycles. The Kier molecular flexibility index (Phi) is 5.13. The minimum atomic E-state index is -0.0725. The summed E-state index contributed by atoms with van der Waals surface area (Å²) in [6, 6.07) is 16.0. The van der Waals surface area contributed by atoms with E-state index in [2.05, 4.69) is 29.0 Å². The number of furan rings is 1. The predicted molar refractivity (Wildman–Crippen MR) is 116 cm³/mol. The zero-order chi connectivity index (χ0) is 19.8. The molecule has 2 aromatic heterocycles. The number of nitrogens with one attached hydrogen (secondary N) is 1. The van der Waals surface area contributed by atoms with Gasteiger partial charge in [0.2, 0.25) is 0 Å². The van der Waals surface area contributed by atoms with E-state index in [0.29, 0.717) is 5.11 Å². The van der Waals surface area contributed by atoms with Gasteiger partial charge in [0.15, 0.2) is 5.11 Å². The fourth-order valence-electron chi connectivity index (χ4n) is 3.64. The van der Waals surface area contributed by atoms with Crippen LogP contribution in [0.15, 0.2) is 59.1 Å². The molecule has 0 unspecified atom stereocenters. The Hall–Kier alpha value is -2.37. The highest BCUT2D eigenvalue weighted by atomic mass is 35.5. The van der Waals surface area contributed by atoms with E-state index in [1.165, 1.54) is 0 Å². The van der Waals surface area contributed by atoms with Crippen molar-refractivity contribution in [3.05, 3.63) is 76.8 Å². The number of thiocarbonyl (C=S) groups is 1. The molecule has 1 saturated heterocycles. The second kappa shape index (κ2) is 7.57. The van der Waals surface area contributed by atoms with Gasteiger partial charge in [-0.05, 0) is 68.9 Å². The Morgan fingerprint density at radius 2 is 2.00 bits per heavy atom. The van der Waals surface area contributed by atoms with E-state index >= 15 is 0 Å². The summed E-state index contributed by atoms with van der Waals surface area (Å²) in [6.45, 7) is 6.25. The molecule has 0 saturated carbocycles. The molecule has 4 nitrogen and oxygen atoms in total. The predicted octanol–water partition coefficient (Wildman–Crippen LogP) is 5.68. The van der Waals surface area contributed by atoms with Gasteiger partial charge in [0.25, 0.3) is 0 Å². The maximum Gasteiger partial charge on any atom is 0.170 e. The highest BCUT2D eigenvalue weighted by Crippen LogP contribution is 2.41. The molecule has 0 bridgehead atoms. The minimum absolute atomic E-state index is 0.0722. The first-order valence-corrected chi connectivity index (χ1v) is 10.1. The fraction of sp³-hybridized carbons (Fsp3) is 0.273. The van der Waals surface area contributed by atoms with Crippen LogP contribution in [0.2, 0.25) is 5.02 Å². The van der Waals surface area contributed by atoms with Crippen LogP contribution in [-0.2, 0) is 0 Å². The largest absolute Gasteiger partial charge is 0.459 e. The van der Waals surface area contributed by atoms with Crippen LogP contribution in [0.1, 0.15) is 42.9 Å². The van der Waals surface area contributed by atoms with E-state index in [1.807, 2.05) is 55.5 Å². The first kappa shape index (κ1) is 19.0. The number of pyridine rings is 1. The molecule has 2 atom stereocenters. The van der Waals surface area contributed by atoms with Gasteiger partial charge >= 0.3 is 0 Å². The molecule has 1 aromatic carbocycles. The quantitative estimate of drug-likeness (QED) is 0.559. The van der Waals surface area contributed by atoms with Gasteiger partial charge in [-0.3, -0.25) is 4.98 Å². The van der Waals surface area contributed by atoms with Crippen molar-refractivity contribution in [3.8, 4) is 11.3 Å². The van der Waals surface area contributed by atoms with Crippen molar-refractivity contribution < 1.29 is 4.42 Å². The Bertz CT molecular complexity index is 1000. The van der Waals surface area contributed by atoms with Crippen LogP contribution < -0.4 is 5.32 Å². The number of benzene rings is 1. The summed E-state index contributed by atoms with van der Waals surface area (Å²) >= 11 is 11.9. The van der Waals surface area contributed by atoms with Crippen LogP contribution >= 0.6 is 23.8 Å². The Morgan fingerprint density at radius 3 is 2.68 bits per heavy atom. The van der Waals surface area contributed by atoms with Crippen molar-refractivity contribution in [1.82, 2.24) is 15.2 Å². The maximum atomic E-state index is 6.30. The normalized spacial score (nSPS) is 19.3. The molecule has 4 rings (SSSR count). The summed E-state index contributed by atoms with van der Waals surface area (Å²) < 4.78 is 6.30. The average Bonchev–Trinajstić information content (AvgIpc) is 3.29. The molecule has 0 aliphatic carbocycles. The van der Waals surface area contributed by atoms with Gasteiger partial charge in [-0.1, -0.05) is 29.8 Å². The van der Waals surface area contributed by atoms with Crippen molar-refractivity contribution >= 4 is 28.9 Å². The molecule has 3 aromatic rings. The lowest BCUT2D eigenvalue weighted by molar-refractivity contribution is 0.237. The Labute approximate surface area is 175 Å². The third-order valence-electron chi connectivity index (χ3n) is 5.07. The van der Waals surface area contributed by atoms with Crippen molar-refractivity contribution in [2.24, 2.45) is 0 Å². The van der Waals surface area contributed by atoms with E-state index in [9.17, 15) is 0 Å². The molecule has 0 amide bonds. The molecule has 0 radical (unpaired) electrons. The molecule has 1 N–H and O–H groups in total. The second-order valence-corrected chi connectivity index (χ2v) is 8.09. The monoisotopic (exact) mass is 411 g/mol. The first-order chi connectivity index (χ1) is 13.5. The molecule has 28 heavy (non-hydrogen) atoms. The summed E-state index contributed by atoms with van der Waals surface area (Å²) in [5.74, 6) is 1.64. The standard InChI is InChI=1S/C22H22ClN3OS/c1-13(2)26-21(20(25-22(26)28)17-6-4-5-11-24-17)19-10-9-18(27-19)15-8-7-14(3)16(23)12-15/h4-13,20-21H,1-3H3,(H,25,28)/t20-,21+/m0/s1. The second-order valence-electron chi connectivity index (χ2n) is 7.29. The van der Waals surface area contributed by atoms with E-state index in [4.69, 9.17) is 28.2 Å². The lowest BCUT2D eigenvalue weighted by Crippen LogP contribution is -2.35. The first-order valence-electron chi connectivity index (χ1n) is 9.31. The number of hydrogen-bond acceptors (Lipinski definition) is 3. The zero-order valence-electron chi connectivity index (χ0n) is 16.0. The van der Waals surface area contributed by atoms with Gasteiger partial charge in [0.05, 0.1) is 11.7 Å². The Balaban J connectivity index is 1.74. The topological polar surface area (TPSA) is 41.3 Å². The number of hydrogen-bond donors (Lipinski definition) is 1. The van der Waals surface area contributed by atoms with Gasteiger partial charge < -0.3 is 14.6 Å². The van der Waals surface area contributed by atoms with Gasteiger partial charge in [0.1, 0.15) is 17.6 Å². The molecule has 1 aliphatic rings. The summed E-state index contributed by atoms with van der Waals surface area (Å²) in [5.41, 5.74) is 2.94. The van der Waals surface area contributed by atoms with Gasteiger partial charge in [-0.2, -0.15) is 0 Å². The SMILES string of the molecule is Cc1ccc(-c2ccc([C@@H]3[C@H](c4ccccn4)NC(=S)N3C(C)C)o2)cc1Cl. The van der Waals surface area contributed by atoms with Crippen LogP contribution in [0.25, 0.3) is 11.3 Å². The molecular formula is C22H22ClN3OS. The van der Waals surface area contributed by atoms with E-state index < -0.39 is 0 Å². The zero-order valence-corrected chi connectivity index (χ0v) is 17.6. The third kappa shape index (κ3) is 3.40. The van der Waals surface area contributed by atoms with Crippen LogP contribution in [0.5, 0.6) is 0 Å². The maximum absolute atomic E-state index is 6.30. The van der Waals surface area contributed by atoms with Gasteiger partial charge in [-0.15, -0.1) is 0 Å². The molecule has 1 fully saturated rings. The number of halogens is 1. The van der Waals surface area contributed by atoms with Gasteiger partial charge in [-0.25, -0.2) is 0 Å². The molecule has 144 valence electrons. The highest BCUT2D eigenvalue weighted by molar-refractivity contribution is 7.80. The highest BCUT2D eigenvalue weighted by Gasteiger charge is 2.42. The van der Waals surface area contributed by atoms with Crippen LogP contribution in [-0.4, -0.2) is 21.0 Å². The number of nitrogens with zero attached hydrogens (tertiary/aromatic N) is 2. The summed E-state index contributed by atoms with van der Waals surface area (Å²) in [4.78, 5) is 6.72. The van der Waals surface area contributed by atoms with Crippen molar-refractivity contribution in [2.45, 2.75) is 38.9 Å². The lowest BCUT2D eigenvalue weighted by Gasteiger charge is -2.29. The van der Waals surface area contributed by atoms with Crippen molar-refractivity contribution in [3.63, 3.8) is 0 Å². The smallest absolute Gasteiger partial charge is 0.170 e. The molecule has 1 aliphatic heterocycles. The number of rotatable bonds is 4. The van der Waals surface area contributed by atoms with Crippen LogP contribution in [0.3, 0.4) is 0 Å². The van der Waals surface area contributed by atoms with Crippen molar-refractivity contribution in [2.75, 3.05) is 0 Å². The van der Waals surface area contributed by atoms with E-state index in [-0.39, 0.29) is 18.1 Å². The van der Waals surface area contributed by atoms with Crippen molar-refractivity contribution in [1.29, 1.82) is 0 Å². The third-order valence-corrected chi connectivity index (χ3v) is 5.80. The summed E-state index contributed by atoms with van der Waals surface area (Å²) in [6.07, 6.45) is 1.80. The summed E-state index contributed by atoms with van der Waals surface area (Å²) in [7, 11) is 0. The van der Waals surface area contributed by atoms with Gasteiger partial charge in [0, 0.05) is 22.8 Å². The van der Waals surface area contributed by atoms with E-state index in [0.717, 1.165) is 33.4 Å². The Morgan fingerprint density at radius 1 is 1.18 bits per heavy atom. The summed E-state index contributed by atoms with van der Waals surface area (Å²) in [5, 5.41) is 4.88. The average molecular weight is 412 g/mol. The van der Waals surface area contributed by atoms with Crippen LogP contribution in [0, 0.1) is 6.92 Å².